The Kier molecular flexibility index (Phi) is 10.4. The summed E-state index contributed by atoms with van der Waals surface area (Å²) in [5, 5.41) is 0. The molecule has 1 rings (SSSR count). The van der Waals surface area contributed by atoms with Crippen molar-refractivity contribution in [1.29, 1.82) is 0 Å². The molecule has 0 fully saturated rings. The molecule has 0 aliphatic heterocycles. The van der Waals surface area contributed by atoms with Crippen LogP contribution in [0, 0.1) is 0 Å². The van der Waals surface area contributed by atoms with Crippen LogP contribution >= 0.6 is 36.8 Å². The molecule has 0 amide bonds. The number of thiol groups is 1. The first-order valence-corrected chi connectivity index (χ1v) is 6.99. The van der Waals surface area contributed by atoms with Gasteiger partial charge in [-0.05, 0) is 30.7 Å². The molecule has 1 atom stereocenters. The van der Waals surface area contributed by atoms with E-state index in [4.69, 9.17) is 5.73 Å². The van der Waals surface area contributed by atoms with Gasteiger partial charge in [-0.3, -0.25) is 0 Å². The monoisotopic (exact) mass is 277 g/mol. The lowest BCUT2D eigenvalue weighted by atomic mass is 10.2. The standard InChI is InChI=1S/C12H19NS2.ClH/c13-11(10-14)6-4-5-9-15-12-7-2-1-3-8-12;/h1-3,7-8,11,14H,4-6,9-10,13H2;1H/t11-;/m1./s1. The lowest BCUT2D eigenvalue weighted by molar-refractivity contribution is 0.626. The number of unbranched alkanes of at least 4 members (excludes halogenated alkanes) is 1. The molecule has 0 saturated heterocycles. The quantitative estimate of drug-likeness (QED) is 0.452. The predicted molar refractivity (Wildman–Crippen MR) is 80.1 cm³/mol. The Labute approximate surface area is 114 Å². The van der Waals surface area contributed by atoms with Crippen LogP contribution in [0.1, 0.15) is 19.3 Å². The van der Waals surface area contributed by atoms with Gasteiger partial charge >= 0.3 is 0 Å². The van der Waals surface area contributed by atoms with Gasteiger partial charge in [0.25, 0.3) is 0 Å². The minimum absolute atomic E-state index is 0. The van der Waals surface area contributed by atoms with Crippen LogP contribution in [0.3, 0.4) is 0 Å². The molecular formula is C12H20ClNS2. The Morgan fingerprint density at radius 3 is 2.50 bits per heavy atom. The van der Waals surface area contributed by atoms with Crippen molar-refractivity contribution in [1.82, 2.24) is 0 Å². The Hall–Kier alpha value is 0.170. The maximum absolute atomic E-state index is 5.78. The molecule has 2 N–H and O–H groups in total. The molecule has 0 aliphatic carbocycles. The van der Waals surface area contributed by atoms with E-state index in [0.717, 1.165) is 12.2 Å². The van der Waals surface area contributed by atoms with E-state index in [1.807, 2.05) is 11.8 Å². The van der Waals surface area contributed by atoms with Crippen molar-refractivity contribution in [2.45, 2.75) is 30.2 Å². The van der Waals surface area contributed by atoms with Crippen molar-refractivity contribution in [3.8, 4) is 0 Å². The molecule has 1 nitrogen and oxygen atoms in total. The molecule has 0 bridgehead atoms. The van der Waals surface area contributed by atoms with Gasteiger partial charge in [0.15, 0.2) is 0 Å². The summed E-state index contributed by atoms with van der Waals surface area (Å²) >= 11 is 6.09. The van der Waals surface area contributed by atoms with Crippen molar-refractivity contribution < 1.29 is 0 Å². The highest BCUT2D eigenvalue weighted by atomic mass is 35.5. The fraction of sp³-hybridized carbons (Fsp3) is 0.500. The van der Waals surface area contributed by atoms with Crippen LogP contribution in [0.15, 0.2) is 35.2 Å². The van der Waals surface area contributed by atoms with E-state index in [1.165, 1.54) is 23.5 Å². The van der Waals surface area contributed by atoms with E-state index < -0.39 is 0 Å². The normalized spacial score (nSPS) is 11.9. The van der Waals surface area contributed by atoms with Gasteiger partial charge < -0.3 is 5.73 Å². The number of nitrogens with two attached hydrogens (primary N) is 1. The topological polar surface area (TPSA) is 26.0 Å². The first-order valence-electron chi connectivity index (χ1n) is 5.37. The number of hydrogen-bond acceptors (Lipinski definition) is 3. The molecule has 0 spiro atoms. The zero-order valence-corrected chi connectivity index (χ0v) is 11.9. The van der Waals surface area contributed by atoms with E-state index in [0.29, 0.717) is 0 Å². The summed E-state index contributed by atoms with van der Waals surface area (Å²) in [6, 6.07) is 10.8. The van der Waals surface area contributed by atoms with E-state index in [-0.39, 0.29) is 18.4 Å². The average Bonchev–Trinajstić information content (AvgIpc) is 2.29. The molecule has 0 saturated carbocycles. The minimum atomic E-state index is 0. The van der Waals surface area contributed by atoms with Gasteiger partial charge in [0.2, 0.25) is 0 Å². The fourth-order valence-corrected chi connectivity index (χ4v) is 2.42. The molecule has 0 aliphatic rings. The number of rotatable bonds is 7. The third kappa shape index (κ3) is 7.44. The lowest BCUT2D eigenvalue weighted by Crippen LogP contribution is -2.21. The van der Waals surface area contributed by atoms with Crippen molar-refractivity contribution in [2.24, 2.45) is 5.73 Å². The van der Waals surface area contributed by atoms with Crippen LogP contribution in [-0.4, -0.2) is 17.5 Å². The zero-order valence-electron chi connectivity index (χ0n) is 9.34. The van der Waals surface area contributed by atoms with Gasteiger partial charge in [0.1, 0.15) is 0 Å². The Morgan fingerprint density at radius 2 is 1.88 bits per heavy atom. The van der Waals surface area contributed by atoms with Gasteiger partial charge in [-0.15, -0.1) is 24.2 Å². The second-order valence-electron chi connectivity index (χ2n) is 3.60. The van der Waals surface area contributed by atoms with Gasteiger partial charge in [0.05, 0.1) is 0 Å². The third-order valence-electron chi connectivity index (χ3n) is 2.22. The van der Waals surface area contributed by atoms with Crippen molar-refractivity contribution in [3.05, 3.63) is 30.3 Å². The molecule has 0 heterocycles. The summed E-state index contributed by atoms with van der Waals surface area (Å²) in [6.45, 7) is 0. The summed E-state index contributed by atoms with van der Waals surface area (Å²) in [4.78, 5) is 1.36. The molecule has 0 radical (unpaired) electrons. The second kappa shape index (κ2) is 10.3. The summed E-state index contributed by atoms with van der Waals surface area (Å²) in [5.74, 6) is 1.98. The maximum Gasteiger partial charge on any atom is 0.0127 e. The van der Waals surface area contributed by atoms with Gasteiger partial charge in [0, 0.05) is 16.7 Å². The van der Waals surface area contributed by atoms with Gasteiger partial charge in [-0.2, -0.15) is 12.6 Å². The smallest absolute Gasteiger partial charge is 0.0127 e. The number of thioether (sulfide) groups is 1. The molecule has 1 aromatic rings. The van der Waals surface area contributed by atoms with Gasteiger partial charge in [-0.1, -0.05) is 24.6 Å². The summed E-state index contributed by atoms with van der Waals surface area (Å²) < 4.78 is 0. The fourth-order valence-electron chi connectivity index (χ4n) is 1.31. The van der Waals surface area contributed by atoms with Gasteiger partial charge in [-0.25, -0.2) is 0 Å². The number of halogens is 1. The van der Waals surface area contributed by atoms with Crippen LogP contribution in [0.2, 0.25) is 0 Å². The van der Waals surface area contributed by atoms with Crippen LogP contribution < -0.4 is 5.73 Å². The molecule has 4 heteroatoms. The van der Waals surface area contributed by atoms with Crippen molar-refractivity contribution >= 4 is 36.8 Å². The van der Waals surface area contributed by atoms with E-state index >= 15 is 0 Å². The lowest BCUT2D eigenvalue weighted by Gasteiger charge is -2.07. The number of benzene rings is 1. The third-order valence-corrected chi connectivity index (χ3v) is 3.78. The highest BCUT2D eigenvalue weighted by Gasteiger charge is 1.99. The molecular weight excluding hydrogens is 258 g/mol. The molecule has 0 aromatic heterocycles. The highest BCUT2D eigenvalue weighted by molar-refractivity contribution is 7.99. The van der Waals surface area contributed by atoms with Crippen molar-refractivity contribution in [3.63, 3.8) is 0 Å². The molecule has 92 valence electrons. The second-order valence-corrected chi connectivity index (χ2v) is 5.13. The molecule has 0 unspecified atom stereocenters. The Balaban J connectivity index is 0.00000225. The van der Waals surface area contributed by atoms with Crippen LogP contribution in [0.25, 0.3) is 0 Å². The average molecular weight is 278 g/mol. The van der Waals surface area contributed by atoms with Crippen LogP contribution in [0.5, 0.6) is 0 Å². The predicted octanol–water partition coefficient (Wildman–Crippen LogP) is 3.63. The minimum Gasteiger partial charge on any atom is -0.327 e. The van der Waals surface area contributed by atoms with Crippen molar-refractivity contribution in [2.75, 3.05) is 11.5 Å². The van der Waals surface area contributed by atoms with Crippen LogP contribution in [0.4, 0.5) is 0 Å². The maximum atomic E-state index is 5.78. The largest absolute Gasteiger partial charge is 0.327 e. The van der Waals surface area contributed by atoms with E-state index in [2.05, 4.69) is 43.0 Å². The van der Waals surface area contributed by atoms with Crippen LogP contribution in [-0.2, 0) is 0 Å². The molecule has 1 aromatic carbocycles. The zero-order chi connectivity index (χ0) is 10.9. The summed E-state index contributed by atoms with van der Waals surface area (Å²) in [7, 11) is 0. The Bertz CT molecular complexity index is 256. The SMILES string of the molecule is Cl.N[C@@H](CS)CCCCSc1ccccc1. The Morgan fingerprint density at radius 1 is 1.19 bits per heavy atom. The first kappa shape index (κ1) is 16.2. The molecule has 16 heavy (non-hydrogen) atoms. The first-order chi connectivity index (χ1) is 7.33. The van der Waals surface area contributed by atoms with E-state index in [1.54, 1.807) is 0 Å². The number of hydrogen-bond donors (Lipinski definition) is 2. The summed E-state index contributed by atoms with van der Waals surface area (Å²) in [6.07, 6.45) is 3.54. The van der Waals surface area contributed by atoms with E-state index in [9.17, 15) is 0 Å². The highest BCUT2D eigenvalue weighted by Crippen LogP contribution is 2.18. The summed E-state index contributed by atoms with van der Waals surface area (Å²) in [5.41, 5.74) is 5.78.